The van der Waals surface area contributed by atoms with Crippen LogP contribution in [0.4, 0.5) is 5.69 Å². The van der Waals surface area contributed by atoms with Crippen LogP contribution in [0.5, 0.6) is 5.75 Å². The van der Waals surface area contributed by atoms with Gasteiger partial charge < -0.3 is 10.1 Å². The monoisotopic (exact) mass is 472 g/mol. The average molecular weight is 473 g/mol. The highest BCUT2D eigenvalue weighted by molar-refractivity contribution is 7.80. The van der Waals surface area contributed by atoms with Crippen LogP contribution in [0.2, 0.25) is 5.02 Å². The van der Waals surface area contributed by atoms with Crippen molar-refractivity contribution in [2.75, 3.05) is 12.4 Å². The molecule has 0 spiro atoms. The van der Waals surface area contributed by atoms with E-state index in [1.165, 1.54) is 24.5 Å². The van der Waals surface area contributed by atoms with Crippen molar-refractivity contribution in [3.05, 3.63) is 58.4 Å². The lowest BCUT2D eigenvalue weighted by molar-refractivity contribution is 0.0975. The molecule has 0 aliphatic heterocycles. The molecule has 11 heteroatoms. The molecular formula is C20H17ClN6O2S2. The quantitative estimate of drug-likeness (QED) is 0.428. The Kier molecular flexibility index (Phi) is 5.86. The van der Waals surface area contributed by atoms with Crippen molar-refractivity contribution in [1.29, 1.82) is 0 Å². The summed E-state index contributed by atoms with van der Waals surface area (Å²) >= 11 is 12.8. The zero-order valence-electron chi connectivity index (χ0n) is 16.8. The molecule has 0 bridgehead atoms. The smallest absolute Gasteiger partial charge is 0.261 e. The molecule has 4 aromatic rings. The van der Waals surface area contributed by atoms with Gasteiger partial charge in [-0.2, -0.15) is 9.61 Å². The van der Waals surface area contributed by atoms with Gasteiger partial charge in [0.15, 0.2) is 10.9 Å². The summed E-state index contributed by atoms with van der Waals surface area (Å²) in [6.45, 7) is 3.81. The van der Waals surface area contributed by atoms with Crippen molar-refractivity contribution in [1.82, 2.24) is 25.1 Å². The molecule has 0 fully saturated rings. The second-order valence-electron chi connectivity index (χ2n) is 6.58. The fraction of sp³-hybridized carbons (Fsp3) is 0.150. The summed E-state index contributed by atoms with van der Waals surface area (Å²) in [5.74, 6) is 0.709. The van der Waals surface area contributed by atoms with Crippen LogP contribution >= 0.6 is 35.2 Å². The Morgan fingerprint density at radius 2 is 2.03 bits per heavy atom. The van der Waals surface area contributed by atoms with Gasteiger partial charge in [0, 0.05) is 16.3 Å². The SMILES string of the molecule is COc1ccc(Cl)cc1C(=O)NC(=S)Nc1cccc(-c2nn3c(C)nnc3s2)c1C. The highest BCUT2D eigenvalue weighted by Crippen LogP contribution is 2.31. The Bertz CT molecular complexity index is 1320. The number of benzene rings is 2. The zero-order valence-corrected chi connectivity index (χ0v) is 19.2. The fourth-order valence-electron chi connectivity index (χ4n) is 3.01. The minimum Gasteiger partial charge on any atom is -0.496 e. The maximum atomic E-state index is 12.7. The highest BCUT2D eigenvalue weighted by Gasteiger charge is 2.17. The number of anilines is 1. The first kappa shape index (κ1) is 21.2. The van der Waals surface area contributed by atoms with E-state index in [1.807, 2.05) is 32.0 Å². The molecule has 2 aromatic carbocycles. The summed E-state index contributed by atoms with van der Waals surface area (Å²) in [4.78, 5) is 13.4. The number of amides is 1. The van der Waals surface area contributed by atoms with Gasteiger partial charge in [0.25, 0.3) is 5.91 Å². The van der Waals surface area contributed by atoms with Crippen LogP contribution in [0.15, 0.2) is 36.4 Å². The summed E-state index contributed by atoms with van der Waals surface area (Å²) in [7, 11) is 1.48. The van der Waals surface area contributed by atoms with Crippen molar-refractivity contribution in [2.24, 2.45) is 0 Å². The molecule has 4 rings (SSSR count). The topological polar surface area (TPSA) is 93.4 Å². The van der Waals surface area contributed by atoms with E-state index < -0.39 is 5.91 Å². The van der Waals surface area contributed by atoms with Crippen LogP contribution in [0, 0.1) is 13.8 Å². The van der Waals surface area contributed by atoms with Crippen LogP contribution in [0.3, 0.4) is 0 Å². The van der Waals surface area contributed by atoms with E-state index in [0.29, 0.717) is 16.3 Å². The zero-order chi connectivity index (χ0) is 22.1. The van der Waals surface area contributed by atoms with Gasteiger partial charge in [-0.05, 0) is 55.9 Å². The lowest BCUT2D eigenvalue weighted by atomic mass is 10.1. The Labute approximate surface area is 192 Å². The van der Waals surface area contributed by atoms with E-state index in [4.69, 9.17) is 28.6 Å². The maximum Gasteiger partial charge on any atom is 0.261 e. The summed E-state index contributed by atoms with van der Waals surface area (Å²) < 4.78 is 6.94. The number of fused-ring (bicyclic) bond motifs is 1. The van der Waals surface area contributed by atoms with Crippen molar-refractivity contribution < 1.29 is 9.53 Å². The summed E-state index contributed by atoms with van der Waals surface area (Å²) in [6, 6.07) is 10.5. The third-order valence-corrected chi connectivity index (χ3v) is 5.96. The number of methoxy groups -OCH3 is 1. The number of carbonyl (C=O) groups excluding carboxylic acids is 1. The van der Waals surface area contributed by atoms with Crippen molar-refractivity contribution in [2.45, 2.75) is 13.8 Å². The van der Waals surface area contributed by atoms with Gasteiger partial charge in [0.05, 0.1) is 12.7 Å². The van der Waals surface area contributed by atoms with E-state index >= 15 is 0 Å². The van der Waals surface area contributed by atoms with Crippen LogP contribution in [-0.2, 0) is 0 Å². The molecule has 0 saturated carbocycles. The number of nitrogens with zero attached hydrogens (tertiary/aromatic N) is 4. The number of thiocarbonyl (C=S) groups is 1. The number of aryl methyl sites for hydroxylation is 1. The predicted molar refractivity (Wildman–Crippen MR) is 125 cm³/mol. The van der Waals surface area contributed by atoms with Crippen LogP contribution in [0.1, 0.15) is 21.7 Å². The van der Waals surface area contributed by atoms with E-state index in [-0.39, 0.29) is 5.11 Å². The largest absolute Gasteiger partial charge is 0.496 e. The minimum absolute atomic E-state index is 0.154. The van der Waals surface area contributed by atoms with Gasteiger partial charge >= 0.3 is 0 Å². The summed E-state index contributed by atoms with van der Waals surface area (Å²) in [5, 5.41) is 19.9. The molecule has 1 amide bonds. The van der Waals surface area contributed by atoms with E-state index in [9.17, 15) is 4.79 Å². The first-order valence-electron chi connectivity index (χ1n) is 9.12. The van der Waals surface area contributed by atoms with Gasteiger partial charge in [-0.3, -0.25) is 10.1 Å². The Hall–Kier alpha value is -3.08. The van der Waals surface area contributed by atoms with Crippen LogP contribution in [0.25, 0.3) is 15.5 Å². The molecule has 2 N–H and O–H groups in total. The number of rotatable bonds is 4. The van der Waals surface area contributed by atoms with Crippen LogP contribution < -0.4 is 15.4 Å². The van der Waals surface area contributed by atoms with Crippen molar-refractivity contribution in [3.63, 3.8) is 0 Å². The third kappa shape index (κ3) is 4.22. The Morgan fingerprint density at radius 1 is 1.23 bits per heavy atom. The first-order valence-corrected chi connectivity index (χ1v) is 10.7. The molecule has 0 aliphatic rings. The fourth-order valence-corrected chi connectivity index (χ4v) is 4.35. The number of carbonyl (C=O) groups is 1. The predicted octanol–water partition coefficient (Wildman–Crippen LogP) is 4.26. The number of aromatic nitrogens is 4. The standard InChI is InChI=1S/C20H17ClN6O2S2/c1-10-13(18-26-27-11(2)24-25-20(27)31-18)5-4-6-15(10)22-19(30)23-17(28)14-9-12(21)7-8-16(14)29-3/h4-9H,1-3H3,(H2,22,23,28,30). The number of nitrogens with one attached hydrogen (secondary N) is 2. The number of hydrogen-bond donors (Lipinski definition) is 2. The average Bonchev–Trinajstić information content (AvgIpc) is 3.31. The Balaban J connectivity index is 1.54. The van der Waals surface area contributed by atoms with Crippen LogP contribution in [-0.4, -0.2) is 37.9 Å². The maximum absolute atomic E-state index is 12.7. The minimum atomic E-state index is -0.421. The van der Waals surface area contributed by atoms with Crippen molar-refractivity contribution in [3.8, 4) is 16.3 Å². The molecule has 2 heterocycles. The molecule has 0 saturated heterocycles. The number of halogens is 1. The highest BCUT2D eigenvalue weighted by atomic mass is 35.5. The van der Waals surface area contributed by atoms with Gasteiger partial charge in [0.1, 0.15) is 10.8 Å². The normalized spacial score (nSPS) is 10.8. The molecular weight excluding hydrogens is 456 g/mol. The first-order chi connectivity index (χ1) is 14.9. The molecule has 0 radical (unpaired) electrons. The van der Waals surface area contributed by atoms with E-state index in [0.717, 1.165) is 32.6 Å². The summed E-state index contributed by atoms with van der Waals surface area (Å²) in [5.41, 5.74) is 2.91. The second kappa shape index (κ2) is 8.58. The number of hydrogen-bond acceptors (Lipinski definition) is 7. The summed E-state index contributed by atoms with van der Waals surface area (Å²) in [6.07, 6.45) is 0. The molecule has 31 heavy (non-hydrogen) atoms. The van der Waals surface area contributed by atoms with Gasteiger partial charge in [-0.25, -0.2) is 0 Å². The van der Waals surface area contributed by atoms with Gasteiger partial charge in [-0.1, -0.05) is 35.1 Å². The molecule has 158 valence electrons. The third-order valence-electron chi connectivity index (χ3n) is 4.59. The van der Waals surface area contributed by atoms with Gasteiger partial charge in [-0.15, -0.1) is 10.2 Å². The van der Waals surface area contributed by atoms with E-state index in [1.54, 1.807) is 16.6 Å². The number of ether oxygens (including phenoxy) is 1. The molecule has 8 nitrogen and oxygen atoms in total. The van der Waals surface area contributed by atoms with Crippen molar-refractivity contribution >= 4 is 56.8 Å². The molecule has 0 unspecified atom stereocenters. The van der Waals surface area contributed by atoms with Gasteiger partial charge in [0.2, 0.25) is 4.96 Å². The Morgan fingerprint density at radius 3 is 2.77 bits per heavy atom. The molecule has 2 aromatic heterocycles. The molecule has 0 atom stereocenters. The lowest BCUT2D eigenvalue weighted by Gasteiger charge is -2.14. The lowest BCUT2D eigenvalue weighted by Crippen LogP contribution is -2.34. The second-order valence-corrected chi connectivity index (χ2v) is 8.38. The molecule has 0 aliphatic carbocycles. The van der Waals surface area contributed by atoms with E-state index in [2.05, 4.69) is 25.9 Å².